The van der Waals surface area contributed by atoms with Crippen LogP contribution in [0, 0.1) is 11.8 Å². The number of ether oxygens (including phenoxy) is 1. The Labute approximate surface area is 104 Å². The third-order valence-electron chi connectivity index (χ3n) is 3.63. The maximum absolute atomic E-state index is 11.9. The van der Waals surface area contributed by atoms with E-state index in [9.17, 15) is 4.79 Å². The molecule has 17 heavy (non-hydrogen) atoms. The number of amides is 1. The zero-order valence-corrected chi connectivity index (χ0v) is 11.1. The quantitative estimate of drug-likeness (QED) is 0.737. The molecule has 0 aliphatic carbocycles. The van der Waals surface area contributed by atoms with Crippen LogP contribution in [0.3, 0.4) is 0 Å². The van der Waals surface area contributed by atoms with Crippen molar-refractivity contribution in [3.63, 3.8) is 0 Å². The van der Waals surface area contributed by atoms with E-state index in [1.807, 2.05) is 6.92 Å². The van der Waals surface area contributed by atoms with Gasteiger partial charge in [-0.2, -0.15) is 0 Å². The van der Waals surface area contributed by atoms with Crippen LogP contribution in [0.1, 0.15) is 39.5 Å². The van der Waals surface area contributed by atoms with Crippen molar-refractivity contribution in [1.82, 2.24) is 5.32 Å². The second kappa shape index (κ2) is 7.67. The molecule has 1 amide bonds. The van der Waals surface area contributed by atoms with Gasteiger partial charge in [-0.25, -0.2) is 0 Å². The third-order valence-corrected chi connectivity index (χ3v) is 3.63. The number of nitrogens with two attached hydrogens (primary N) is 1. The molecule has 2 atom stereocenters. The maximum atomic E-state index is 11.9. The molecule has 1 heterocycles. The van der Waals surface area contributed by atoms with Crippen LogP contribution in [-0.4, -0.2) is 31.7 Å². The second-order valence-electron chi connectivity index (χ2n) is 5.08. The minimum atomic E-state index is 0.0702. The van der Waals surface area contributed by atoms with E-state index in [2.05, 4.69) is 12.2 Å². The van der Waals surface area contributed by atoms with Crippen LogP contribution >= 0.6 is 0 Å². The molecule has 1 fully saturated rings. The zero-order valence-electron chi connectivity index (χ0n) is 11.1. The molecular formula is C13H26N2O2. The van der Waals surface area contributed by atoms with Crippen molar-refractivity contribution >= 4 is 5.91 Å². The van der Waals surface area contributed by atoms with Crippen molar-refractivity contribution in [3.8, 4) is 0 Å². The highest BCUT2D eigenvalue weighted by Crippen LogP contribution is 2.19. The monoisotopic (exact) mass is 242 g/mol. The molecule has 0 spiro atoms. The van der Waals surface area contributed by atoms with Crippen LogP contribution in [0.15, 0.2) is 0 Å². The number of rotatable bonds is 6. The van der Waals surface area contributed by atoms with Gasteiger partial charge in [0.25, 0.3) is 0 Å². The van der Waals surface area contributed by atoms with E-state index in [1.54, 1.807) is 0 Å². The van der Waals surface area contributed by atoms with Crippen molar-refractivity contribution in [2.75, 3.05) is 19.8 Å². The summed E-state index contributed by atoms with van der Waals surface area (Å²) in [6.07, 6.45) is 3.90. The Kier molecular flexibility index (Phi) is 6.52. The van der Waals surface area contributed by atoms with Crippen LogP contribution in [0.25, 0.3) is 0 Å². The third kappa shape index (κ3) is 5.04. The van der Waals surface area contributed by atoms with E-state index in [1.165, 1.54) is 0 Å². The molecule has 4 heteroatoms. The molecule has 1 aliphatic rings. The van der Waals surface area contributed by atoms with Crippen LogP contribution < -0.4 is 11.1 Å². The van der Waals surface area contributed by atoms with Crippen molar-refractivity contribution < 1.29 is 9.53 Å². The van der Waals surface area contributed by atoms with Crippen molar-refractivity contribution in [1.29, 1.82) is 0 Å². The van der Waals surface area contributed by atoms with Gasteiger partial charge in [0.15, 0.2) is 0 Å². The summed E-state index contributed by atoms with van der Waals surface area (Å²) in [4.78, 5) is 11.9. The molecule has 2 unspecified atom stereocenters. The Morgan fingerprint density at radius 3 is 2.65 bits per heavy atom. The lowest BCUT2D eigenvalue weighted by Gasteiger charge is -2.29. The summed E-state index contributed by atoms with van der Waals surface area (Å²) in [7, 11) is 0. The summed E-state index contributed by atoms with van der Waals surface area (Å²) < 4.78 is 5.33. The SMILES string of the molecule is CC(CCCN)C(=O)NC(C)C1CCOCC1. The lowest BCUT2D eigenvalue weighted by atomic mass is 9.92. The standard InChI is InChI=1S/C13H26N2O2/c1-10(4-3-7-14)13(16)15-11(2)12-5-8-17-9-6-12/h10-12H,3-9,14H2,1-2H3,(H,15,16). The minimum Gasteiger partial charge on any atom is -0.381 e. The number of carbonyl (C=O) groups excluding carboxylic acids is 1. The Hall–Kier alpha value is -0.610. The van der Waals surface area contributed by atoms with Gasteiger partial charge in [0.05, 0.1) is 0 Å². The fourth-order valence-corrected chi connectivity index (χ4v) is 2.26. The molecule has 100 valence electrons. The summed E-state index contributed by atoms with van der Waals surface area (Å²) in [5.41, 5.74) is 5.45. The van der Waals surface area contributed by atoms with Gasteiger partial charge in [-0.1, -0.05) is 6.92 Å². The largest absolute Gasteiger partial charge is 0.381 e. The van der Waals surface area contributed by atoms with Gasteiger partial charge < -0.3 is 15.8 Å². The fraction of sp³-hybridized carbons (Fsp3) is 0.923. The number of hydrogen-bond acceptors (Lipinski definition) is 3. The molecule has 0 aromatic rings. The molecule has 0 saturated carbocycles. The molecule has 0 aromatic heterocycles. The molecule has 1 saturated heterocycles. The summed E-state index contributed by atoms with van der Waals surface area (Å²) in [6.45, 7) is 6.39. The smallest absolute Gasteiger partial charge is 0.223 e. The van der Waals surface area contributed by atoms with Gasteiger partial charge in [-0.05, 0) is 45.1 Å². The van der Waals surface area contributed by atoms with Crippen LogP contribution in [0.4, 0.5) is 0 Å². The summed E-state index contributed by atoms with van der Waals surface area (Å²) >= 11 is 0. The zero-order chi connectivity index (χ0) is 12.7. The van der Waals surface area contributed by atoms with Crippen LogP contribution in [-0.2, 0) is 9.53 Å². The van der Waals surface area contributed by atoms with Gasteiger partial charge in [0.1, 0.15) is 0 Å². The number of hydrogen-bond donors (Lipinski definition) is 2. The predicted octanol–water partition coefficient (Wildman–Crippen LogP) is 1.29. The molecule has 1 aliphatic heterocycles. The summed E-state index contributed by atoms with van der Waals surface area (Å²) in [6, 6.07) is 0.256. The first-order chi connectivity index (χ1) is 8.15. The van der Waals surface area contributed by atoms with E-state index in [-0.39, 0.29) is 17.9 Å². The normalized spacial score (nSPS) is 20.9. The molecule has 1 rings (SSSR count). The van der Waals surface area contributed by atoms with Crippen molar-refractivity contribution in [2.24, 2.45) is 17.6 Å². The van der Waals surface area contributed by atoms with Crippen LogP contribution in [0.2, 0.25) is 0 Å². The van der Waals surface area contributed by atoms with Gasteiger partial charge in [-0.3, -0.25) is 4.79 Å². The van der Waals surface area contributed by atoms with E-state index < -0.39 is 0 Å². The lowest BCUT2D eigenvalue weighted by Crippen LogP contribution is -2.42. The second-order valence-corrected chi connectivity index (χ2v) is 5.08. The van der Waals surface area contributed by atoms with Gasteiger partial charge in [0, 0.05) is 25.2 Å². The maximum Gasteiger partial charge on any atom is 0.223 e. The van der Waals surface area contributed by atoms with E-state index in [0.717, 1.165) is 38.9 Å². The first kappa shape index (κ1) is 14.5. The van der Waals surface area contributed by atoms with E-state index in [4.69, 9.17) is 10.5 Å². The molecule has 0 bridgehead atoms. The average Bonchev–Trinajstić information content (AvgIpc) is 2.36. The van der Waals surface area contributed by atoms with E-state index >= 15 is 0 Å². The molecule has 0 radical (unpaired) electrons. The molecule has 4 nitrogen and oxygen atoms in total. The molecule has 3 N–H and O–H groups in total. The Morgan fingerprint density at radius 1 is 1.41 bits per heavy atom. The van der Waals surface area contributed by atoms with Crippen LogP contribution in [0.5, 0.6) is 0 Å². The molecule has 0 aromatic carbocycles. The first-order valence-electron chi connectivity index (χ1n) is 6.73. The highest BCUT2D eigenvalue weighted by Gasteiger charge is 2.23. The van der Waals surface area contributed by atoms with Gasteiger partial charge in [0.2, 0.25) is 5.91 Å². The Balaban J connectivity index is 2.28. The Bertz CT molecular complexity index is 227. The number of carbonyl (C=O) groups is 1. The number of nitrogens with one attached hydrogen (secondary N) is 1. The first-order valence-corrected chi connectivity index (χ1v) is 6.73. The summed E-state index contributed by atoms with van der Waals surface area (Å²) in [5.74, 6) is 0.799. The van der Waals surface area contributed by atoms with Gasteiger partial charge in [-0.15, -0.1) is 0 Å². The molecular weight excluding hydrogens is 216 g/mol. The highest BCUT2D eigenvalue weighted by molar-refractivity contribution is 5.78. The Morgan fingerprint density at radius 2 is 2.06 bits per heavy atom. The lowest BCUT2D eigenvalue weighted by molar-refractivity contribution is -0.125. The summed E-state index contributed by atoms with van der Waals surface area (Å²) in [5, 5.41) is 3.12. The highest BCUT2D eigenvalue weighted by atomic mass is 16.5. The van der Waals surface area contributed by atoms with Crippen molar-refractivity contribution in [3.05, 3.63) is 0 Å². The minimum absolute atomic E-state index is 0.0702. The topological polar surface area (TPSA) is 64.4 Å². The van der Waals surface area contributed by atoms with Gasteiger partial charge >= 0.3 is 0 Å². The fourth-order valence-electron chi connectivity index (χ4n) is 2.26. The van der Waals surface area contributed by atoms with Crippen molar-refractivity contribution in [2.45, 2.75) is 45.6 Å². The van der Waals surface area contributed by atoms with E-state index in [0.29, 0.717) is 12.5 Å². The predicted molar refractivity (Wildman–Crippen MR) is 68.6 cm³/mol. The average molecular weight is 242 g/mol.